The highest BCUT2D eigenvalue weighted by atomic mass is 79.9. The number of hydrogen-bond acceptors (Lipinski definition) is 1. The summed E-state index contributed by atoms with van der Waals surface area (Å²) in [5.41, 5.74) is 0. The molecule has 0 aliphatic rings. The van der Waals surface area contributed by atoms with Gasteiger partial charge in [-0.2, -0.15) is 0 Å². The minimum absolute atomic E-state index is 0. The Labute approximate surface area is 234 Å². The van der Waals surface area contributed by atoms with Gasteiger partial charge < -0.3 is 5.32 Å². The Morgan fingerprint density at radius 3 is 0.629 bits per heavy atom. The average molecular weight is 561 g/mol. The van der Waals surface area contributed by atoms with Crippen molar-refractivity contribution in [1.29, 1.82) is 0 Å². The van der Waals surface area contributed by atoms with Crippen molar-refractivity contribution in [2.24, 2.45) is 0 Å². The first kappa shape index (κ1) is 37.6. The van der Waals surface area contributed by atoms with Crippen molar-refractivity contribution in [1.82, 2.24) is 5.32 Å². The van der Waals surface area contributed by atoms with Crippen LogP contribution in [-0.2, 0) is 0 Å². The molecule has 0 amide bonds. The lowest BCUT2D eigenvalue weighted by molar-refractivity contribution is 0.512. The molecule has 1 N–H and O–H groups in total. The van der Waals surface area contributed by atoms with Gasteiger partial charge in [-0.3, -0.25) is 0 Å². The van der Waals surface area contributed by atoms with Gasteiger partial charge >= 0.3 is 0 Å². The molecule has 214 valence electrons. The van der Waals surface area contributed by atoms with E-state index in [1.807, 2.05) is 0 Å². The lowest BCUT2D eigenvalue weighted by Gasteiger charge is -2.04. The Hall–Kier alpha value is 0.440. The Bertz CT molecular complexity index is 301. The second kappa shape index (κ2) is 36.6. The zero-order valence-electron chi connectivity index (χ0n) is 24.8. The number of nitrogens with one attached hydrogen (secondary N) is 1. The van der Waals surface area contributed by atoms with Gasteiger partial charge in [0.2, 0.25) is 0 Å². The van der Waals surface area contributed by atoms with E-state index in [2.05, 4.69) is 19.3 Å². The van der Waals surface area contributed by atoms with Gasteiger partial charge in [0.1, 0.15) is 0 Å². The topological polar surface area (TPSA) is 12.0 Å². The van der Waals surface area contributed by atoms with Crippen LogP contribution in [0.3, 0.4) is 0 Å². The summed E-state index contributed by atoms with van der Waals surface area (Å²) in [6.07, 6.45) is 44.2. The van der Waals surface area contributed by atoms with Gasteiger partial charge in [0.15, 0.2) is 0 Å². The molecule has 1 nitrogen and oxygen atoms in total. The van der Waals surface area contributed by atoms with Gasteiger partial charge in [0, 0.05) is 0 Å². The van der Waals surface area contributed by atoms with Crippen LogP contribution in [0.4, 0.5) is 0 Å². The van der Waals surface area contributed by atoms with Gasteiger partial charge in [-0.15, -0.1) is 17.0 Å². The van der Waals surface area contributed by atoms with Crippen molar-refractivity contribution < 1.29 is 0 Å². The molecule has 0 spiro atoms. The van der Waals surface area contributed by atoms with Crippen molar-refractivity contribution >= 4 is 17.0 Å². The van der Waals surface area contributed by atoms with E-state index in [0.717, 1.165) is 0 Å². The number of rotatable bonds is 31. The quantitative estimate of drug-likeness (QED) is 0.0832. The average Bonchev–Trinajstić information content (AvgIpc) is 2.85. The lowest BCUT2D eigenvalue weighted by atomic mass is 10.0. The van der Waals surface area contributed by atoms with Crippen LogP contribution in [0.1, 0.15) is 200 Å². The van der Waals surface area contributed by atoms with Crippen LogP contribution in [0.25, 0.3) is 0 Å². The summed E-state index contributed by atoms with van der Waals surface area (Å²) >= 11 is 0. The van der Waals surface area contributed by atoms with Crippen LogP contribution in [0.2, 0.25) is 0 Å². The van der Waals surface area contributed by atoms with E-state index in [-0.39, 0.29) is 17.0 Å². The van der Waals surface area contributed by atoms with Crippen LogP contribution in [-0.4, -0.2) is 13.6 Å². The van der Waals surface area contributed by atoms with E-state index in [1.54, 1.807) is 0 Å². The maximum atomic E-state index is 3.24. The van der Waals surface area contributed by atoms with Gasteiger partial charge in [-0.1, -0.05) is 193 Å². The summed E-state index contributed by atoms with van der Waals surface area (Å²) in [6.45, 7) is 3.50. The predicted octanol–water partition coefficient (Wildman–Crippen LogP) is 12.5. The number of hydrogen-bond donors (Lipinski definition) is 1. The van der Waals surface area contributed by atoms with E-state index in [4.69, 9.17) is 0 Å². The molecule has 0 aliphatic carbocycles. The van der Waals surface area contributed by atoms with E-state index < -0.39 is 0 Å². The molecule has 35 heavy (non-hydrogen) atoms. The standard InChI is InChI=1S/C33H69N.BrH/c1-3-4-5-6-7-8-9-10-11-12-13-14-15-16-17-18-19-20-21-22-23-24-25-26-27-28-29-30-31-32-33-34-2;/h34H,3-33H2,1-2H3;1H. The minimum Gasteiger partial charge on any atom is -0.320 e. The van der Waals surface area contributed by atoms with E-state index in [1.165, 1.54) is 199 Å². The molecular weight excluding hydrogens is 490 g/mol. The molecule has 0 radical (unpaired) electrons. The first-order valence-corrected chi connectivity index (χ1v) is 16.6. The van der Waals surface area contributed by atoms with Crippen molar-refractivity contribution in [3.8, 4) is 0 Å². The van der Waals surface area contributed by atoms with Crippen molar-refractivity contribution in [2.45, 2.75) is 200 Å². The van der Waals surface area contributed by atoms with E-state index in [0.29, 0.717) is 0 Å². The predicted molar refractivity (Wildman–Crippen MR) is 168 cm³/mol. The third-order valence-electron chi connectivity index (χ3n) is 7.78. The zero-order valence-corrected chi connectivity index (χ0v) is 26.5. The molecule has 0 aromatic rings. The summed E-state index contributed by atoms with van der Waals surface area (Å²) < 4.78 is 0. The fraction of sp³-hybridized carbons (Fsp3) is 1.00. The molecule has 0 saturated heterocycles. The first-order valence-electron chi connectivity index (χ1n) is 16.6. The SMILES string of the molecule is Br.CCCCCCCCCCCCCCCCCCCCCCCCCCCCCCCCNC. The lowest BCUT2D eigenvalue weighted by Crippen LogP contribution is -2.06. The van der Waals surface area contributed by atoms with Crippen LogP contribution in [0.5, 0.6) is 0 Å². The maximum absolute atomic E-state index is 3.24. The number of halogens is 1. The Morgan fingerprint density at radius 2 is 0.457 bits per heavy atom. The second-order valence-electron chi connectivity index (χ2n) is 11.4. The van der Waals surface area contributed by atoms with Gasteiger partial charge in [0.25, 0.3) is 0 Å². The van der Waals surface area contributed by atoms with Crippen molar-refractivity contribution in [2.75, 3.05) is 13.6 Å². The third kappa shape index (κ3) is 36.7. The summed E-state index contributed by atoms with van der Waals surface area (Å²) in [7, 11) is 2.06. The van der Waals surface area contributed by atoms with Crippen molar-refractivity contribution in [3.05, 3.63) is 0 Å². The molecule has 0 aromatic heterocycles. The summed E-state index contributed by atoms with van der Waals surface area (Å²) in [6, 6.07) is 0. The number of unbranched alkanes of at least 4 members (excludes halogenated alkanes) is 29. The molecular formula is C33H70BrN. The van der Waals surface area contributed by atoms with E-state index >= 15 is 0 Å². The fourth-order valence-corrected chi connectivity index (χ4v) is 5.32. The molecule has 0 bridgehead atoms. The smallest absolute Gasteiger partial charge is 0.00519 e. The molecule has 0 fully saturated rings. The molecule has 0 aliphatic heterocycles. The fourth-order valence-electron chi connectivity index (χ4n) is 5.32. The third-order valence-corrected chi connectivity index (χ3v) is 7.78. The van der Waals surface area contributed by atoms with Crippen LogP contribution in [0, 0.1) is 0 Å². The molecule has 0 rings (SSSR count). The molecule has 0 atom stereocenters. The summed E-state index contributed by atoms with van der Waals surface area (Å²) in [5, 5.41) is 3.24. The van der Waals surface area contributed by atoms with Crippen LogP contribution in [0.15, 0.2) is 0 Å². The highest BCUT2D eigenvalue weighted by Crippen LogP contribution is 2.16. The Kier molecular flexibility index (Phi) is 39.3. The van der Waals surface area contributed by atoms with Crippen molar-refractivity contribution in [3.63, 3.8) is 0 Å². The summed E-state index contributed by atoms with van der Waals surface area (Å²) in [5.74, 6) is 0. The molecule has 2 heteroatoms. The summed E-state index contributed by atoms with van der Waals surface area (Å²) in [4.78, 5) is 0. The first-order chi connectivity index (χ1) is 16.9. The van der Waals surface area contributed by atoms with Gasteiger partial charge in [0.05, 0.1) is 0 Å². The second-order valence-corrected chi connectivity index (χ2v) is 11.4. The van der Waals surface area contributed by atoms with Gasteiger partial charge in [-0.05, 0) is 20.0 Å². The molecule has 0 aromatic carbocycles. The largest absolute Gasteiger partial charge is 0.320 e. The molecule has 0 saturated carbocycles. The maximum Gasteiger partial charge on any atom is -0.00519 e. The van der Waals surface area contributed by atoms with E-state index in [9.17, 15) is 0 Å². The highest BCUT2D eigenvalue weighted by molar-refractivity contribution is 8.93. The van der Waals surface area contributed by atoms with Crippen LogP contribution < -0.4 is 5.32 Å². The van der Waals surface area contributed by atoms with Crippen LogP contribution >= 0.6 is 17.0 Å². The molecule has 0 heterocycles. The molecule has 0 unspecified atom stereocenters. The normalized spacial score (nSPS) is 11.1. The monoisotopic (exact) mass is 559 g/mol. The Morgan fingerprint density at radius 1 is 0.286 bits per heavy atom. The zero-order chi connectivity index (χ0) is 24.6. The minimum atomic E-state index is 0. The Balaban J connectivity index is 0. The van der Waals surface area contributed by atoms with Gasteiger partial charge in [-0.25, -0.2) is 0 Å². The highest BCUT2D eigenvalue weighted by Gasteiger charge is 1.96.